The van der Waals surface area contributed by atoms with Crippen molar-refractivity contribution in [3.63, 3.8) is 0 Å². The van der Waals surface area contributed by atoms with Crippen molar-refractivity contribution in [1.29, 1.82) is 0 Å². The highest BCUT2D eigenvalue weighted by Crippen LogP contribution is 2.24. The van der Waals surface area contributed by atoms with Crippen LogP contribution in [0.15, 0.2) is 51.9 Å². The van der Waals surface area contributed by atoms with Crippen LogP contribution < -0.4 is 5.32 Å². The summed E-state index contributed by atoms with van der Waals surface area (Å²) in [6.45, 7) is 0. The first kappa shape index (κ1) is 15.5. The lowest BCUT2D eigenvalue weighted by atomic mass is 10.2. The van der Waals surface area contributed by atoms with Crippen molar-refractivity contribution in [2.75, 3.05) is 7.11 Å². The van der Waals surface area contributed by atoms with E-state index in [2.05, 4.69) is 21.2 Å². The maximum absolute atomic E-state index is 12.1. The van der Waals surface area contributed by atoms with E-state index in [1.165, 1.54) is 18.4 Å². The van der Waals surface area contributed by atoms with Crippen molar-refractivity contribution < 1.29 is 14.3 Å². The third-order valence-electron chi connectivity index (χ3n) is 2.57. The largest absolute Gasteiger partial charge is 0.464 e. The van der Waals surface area contributed by atoms with Gasteiger partial charge in [-0.1, -0.05) is 18.2 Å². The SMILES string of the molecule is COC(=O)/C(=C\c1ccc(Br)s1)NC(=O)c1ccccc1. The number of methoxy groups -OCH3 is 1. The molecule has 0 atom stereocenters. The number of thiophene rings is 1. The number of hydrogen-bond donors (Lipinski definition) is 1. The number of carbonyl (C=O) groups excluding carboxylic acids is 2. The molecule has 1 aromatic heterocycles. The zero-order valence-corrected chi connectivity index (χ0v) is 13.5. The highest BCUT2D eigenvalue weighted by atomic mass is 79.9. The van der Waals surface area contributed by atoms with E-state index in [9.17, 15) is 9.59 Å². The van der Waals surface area contributed by atoms with Gasteiger partial charge in [-0.15, -0.1) is 11.3 Å². The molecule has 0 radical (unpaired) electrons. The number of ether oxygens (including phenoxy) is 1. The standard InChI is InChI=1S/C15H12BrNO3S/c1-20-15(19)12(9-11-7-8-13(16)21-11)17-14(18)10-5-3-2-4-6-10/h2-9H,1H3,(H,17,18)/b12-9+. The minimum absolute atomic E-state index is 0.0979. The second-order valence-electron chi connectivity index (χ2n) is 4.01. The van der Waals surface area contributed by atoms with Crippen LogP contribution in [0, 0.1) is 0 Å². The summed E-state index contributed by atoms with van der Waals surface area (Å²) in [6.07, 6.45) is 1.59. The van der Waals surface area contributed by atoms with Crippen LogP contribution in [0.4, 0.5) is 0 Å². The van der Waals surface area contributed by atoms with Crippen LogP contribution in [0.25, 0.3) is 6.08 Å². The molecule has 1 aromatic carbocycles. The molecule has 0 aliphatic heterocycles. The van der Waals surface area contributed by atoms with Gasteiger partial charge in [-0.25, -0.2) is 4.79 Å². The van der Waals surface area contributed by atoms with Crippen LogP contribution >= 0.6 is 27.3 Å². The first-order valence-corrected chi connectivity index (χ1v) is 7.63. The van der Waals surface area contributed by atoms with E-state index in [4.69, 9.17) is 4.74 Å². The van der Waals surface area contributed by atoms with Gasteiger partial charge in [-0.3, -0.25) is 4.79 Å². The maximum atomic E-state index is 12.1. The van der Waals surface area contributed by atoms with Crippen LogP contribution in [0.2, 0.25) is 0 Å². The summed E-state index contributed by atoms with van der Waals surface area (Å²) < 4.78 is 5.64. The summed E-state index contributed by atoms with van der Waals surface area (Å²) in [5.41, 5.74) is 0.570. The summed E-state index contributed by atoms with van der Waals surface area (Å²) in [5.74, 6) is -0.952. The number of hydrogen-bond acceptors (Lipinski definition) is 4. The minimum atomic E-state index is -0.594. The molecule has 0 saturated heterocycles. The summed E-state index contributed by atoms with van der Waals surface area (Å²) in [6, 6.07) is 12.4. The van der Waals surface area contributed by atoms with Gasteiger partial charge in [0.05, 0.1) is 10.9 Å². The first-order valence-electron chi connectivity index (χ1n) is 6.02. The third kappa shape index (κ3) is 4.27. The Kier molecular flexibility index (Phi) is 5.30. The third-order valence-corrected chi connectivity index (χ3v) is 4.14. The van der Waals surface area contributed by atoms with Crippen molar-refractivity contribution in [2.45, 2.75) is 0 Å². The Morgan fingerprint density at radius 3 is 2.48 bits per heavy atom. The quantitative estimate of drug-likeness (QED) is 0.666. The molecule has 2 aromatic rings. The molecule has 6 heteroatoms. The van der Waals surface area contributed by atoms with E-state index < -0.39 is 5.97 Å². The number of nitrogens with one attached hydrogen (secondary N) is 1. The van der Waals surface area contributed by atoms with Crippen LogP contribution in [0.1, 0.15) is 15.2 Å². The van der Waals surface area contributed by atoms with Gasteiger partial charge in [-0.05, 0) is 46.3 Å². The van der Waals surface area contributed by atoms with Gasteiger partial charge in [0.25, 0.3) is 5.91 Å². The summed E-state index contributed by atoms with van der Waals surface area (Å²) in [4.78, 5) is 24.7. The van der Waals surface area contributed by atoms with Crippen LogP contribution in [0.5, 0.6) is 0 Å². The van der Waals surface area contributed by atoms with Gasteiger partial charge in [0.2, 0.25) is 0 Å². The van der Waals surface area contributed by atoms with Gasteiger partial charge in [0, 0.05) is 10.4 Å². The summed E-state index contributed by atoms with van der Waals surface area (Å²) in [5, 5.41) is 2.58. The van der Waals surface area contributed by atoms with Crippen LogP contribution in [0.3, 0.4) is 0 Å². The molecule has 2 rings (SSSR count). The Hall–Kier alpha value is -1.92. The first-order chi connectivity index (χ1) is 10.1. The number of carbonyl (C=O) groups is 2. The monoisotopic (exact) mass is 365 g/mol. The molecule has 108 valence electrons. The van der Waals surface area contributed by atoms with Crippen molar-refractivity contribution in [3.05, 3.63) is 62.4 Å². The molecule has 4 nitrogen and oxygen atoms in total. The molecular weight excluding hydrogens is 354 g/mol. The van der Waals surface area contributed by atoms with Gasteiger partial charge >= 0.3 is 5.97 Å². The highest BCUT2D eigenvalue weighted by Gasteiger charge is 2.15. The Bertz CT molecular complexity index is 679. The number of esters is 1. The van der Waals surface area contributed by atoms with Crippen LogP contribution in [-0.4, -0.2) is 19.0 Å². The minimum Gasteiger partial charge on any atom is -0.464 e. The van der Waals surface area contributed by atoms with Crippen molar-refractivity contribution in [3.8, 4) is 0 Å². The molecule has 0 bridgehead atoms. The van der Waals surface area contributed by atoms with Gasteiger partial charge in [0.1, 0.15) is 5.70 Å². The van der Waals surface area contributed by atoms with Gasteiger partial charge < -0.3 is 10.1 Å². The fourth-order valence-corrected chi connectivity index (χ4v) is 2.96. The molecule has 0 aliphatic carbocycles. The zero-order valence-electron chi connectivity index (χ0n) is 11.1. The number of amides is 1. The molecule has 1 heterocycles. The van der Waals surface area contributed by atoms with E-state index in [-0.39, 0.29) is 11.6 Å². The fourth-order valence-electron chi connectivity index (χ4n) is 1.59. The highest BCUT2D eigenvalue weighted by molar-refractivity contribution is 9.11. The molecule has 21 heavy (non-hydrogen) atoms. The van der Waals surface area contributed by atoms with Crippen molar-refractivity contribution >= 4 is 45.2 Å². The molecule has 1 N–H and O–H groups in total. The zero-order chi connectivity index (χ0) is 15.2. The maximum Gasteiger partial charge on any atom is 0.354 e. The van der Waals surface area contributed by atoms with Crippen LogP contribution in [-0.2, 0) is 9.53 Å². The molecule has 0 unspecified atom stereocenters. The average molecular weight is 366 g/mol. The van der Waals surface area contributed by atoms with E-state index in [1.54, 1.807) is 30.3 Å². The lowest BCUT2D eigenvalue weighted by Crippen LogP contribution is -2.27. The van der Waals surface area contributed by atoms with Gasteiger partial charge in [0.15, 0.2) is 0 Å². The summed E-state index contributed by atoms with van der Waals surface area (Å²) >= 11 is 4.80. The lowest BCUT2D eigenvalue weighted by molar-refractivity contribution is -0.136. The van der Waals surface area contributed by atoms with E-state index >= 15 is 0 Å². The topological polar surface area (TPSA) is 55.4 Å². The molecule has 0 saturated carbocycles. The molecule has 0 spiro atoms. The average Bonchev–Trinajstić information content (AvgIpc) is 2.91. The molecule has 0 aliphatic rings. The summed E-state index contributed by atoms with van der Waals surface area (Å²) in [7, 11) is 1.27. The van der Waals surface area contributed by atoms with Gasteiger partial charge in [-0.2, -0.15) is 0 Å². The Balaban J connectivity index is 2.23. The van der Waals surface area contributed by atoms with E-state index in [0.29, 0.717) is 5.56 Å². The predicted octanol–water partition coefficient (Wildman–Crippen LogP) is 3.45. The second-order valence-corrected chi connectivity index (χ2v) is 6.51. The predicted molar refractivity (Wildman–Crippen MR) is 85.9 cm³/mol. The number of benzene rings is 1. The fraction of sp³-hybridized carbons (Fsp3) is 0.0667. The molecular formula is C15H12BrNO3S. The smallest absolute Gasteiger partial charge is 0.354 e. The molecule has 0 fully saturated rings. The lowest BCUT2D eigenvalue weighted by Gasteiger charge is -2.07. The number of rotatable bonds is 4. The number of halogens is 1. The van der Waals surface area contributed by atoms with E-state index in [1.807, 2.05) is 18.2 Å². The van der Waals surface area contributed by atoms with Crippen molar-refractivity contribution in [1.82, 2.24) is 5.32 Å². The Morgan fingerprint density at radius 2 is 1.90 bits per heavy atom. The normalized spacial score (nSPS) is 11.0. The Labute approximate surface area is 134 Å². The van der Waals surface area contributed by atoms with E-state index in [0.717, 1.165) is 8.66 Å². The second kappa shape index (κ2) is 7.19. The van der Waals surface area contributed by atoms with Crippen molar-refractivity contribution in [2.24, 2.45) is 0 Å². The molecule has 1 amide bonds. The Morgan fingerprint density at radius 1 is 1.19 bits per heavy atom.